The first kappa shape index (κ1) is 19.6. The molecular formula is C22H29N3O4. The van der Waals surface area contributed by atoms with Gasteiger partial charge in [0.1, 0.15) is 23.7 Å². The monoisotopic (exact) mass is 399 g/mol. The number of hydrogen-bond acceptors (Lipinski definition) is 4. The summed E-state index contributed by atoms with van der Waals surface area (Å²) < 4.78 is 12.8. The molecule has 1 aromatic carbocycles. The fourth-order valence-electron chi connectivity index (χ4n) is 4.76. The summed E-state index contributed by atoms with van der Waals surface area (Å²) in [4.78, 5) is 29.7. The molecule has 29 heavy (non-hydrogen) atoms. The highest BCUT2D eigenvalue weighted by Gasteiger charge is 2.33. The Morgan fingerprint density at radius 3 is 2.38 bits per heavy atom. The van der Waals surface area contributed by atoms with Crippen molar-refractivity contribution in [1.29, 1.82) is 0 Å². The maximum atomic E-state index is 13.3. The molecule has 0 spiro atoms. The normalized spacial score (nSPS) is 18.4. The molecule has 7 heteroatoms. The molecule has 7 nitrogen and oxygen atoms in total. The van der Waals surface area contributed by atoms with Gasteiger partial charge in [-0.05, 0) is 31.0 Å². The lowest BCUT2D eigenvalue weighted by Crippen LogP contribution is -2.55. The molecule has 2 amide bonds. The number of fused-ring (bicyclic) bond motifs is 1. The number of rotatable bonds is 4. The Labute approximate surface area is 171 Å². The molecule has 0 atom stereocenters. The second kappa shape index (κ2) is 7.97. The number of nitrogens with zero attached hydrogens (tertiary/aromatic N) is 3. The Morgan fingerprint density at radius 2 is 1.72 bits per heavy atom. The summed E-state index contributed by atoms with van der Waals surface area (Å²) in [5, 5.41) is 0.824. The van der Waals surface area contributed by atoms with Gasteiger partial charge in [0, 0.05) is 31.6 Å². The fraction of sp³-hybridized carbons (Fsp3) is 0.545. The second-order valence-corrected chi connectivity index (χ2v) is 7.93. The van der Waals surface area contributed by atoms with Crippen LogP contribution in [0.15, 0.2) is 18.2 Å². The summed E-state index contributed by atoms with van der Waals surface area (Å²) in [5.41, 5.74) is 1.34. The first-order valence-corrected chi connectivity index (χ1v) is 10.3. The molecule has 1 aliphatic carbocycles. The summed E-state index contributed by atoms with van der Waals surface area (Å²) in [6.45, 7) is 1.33. The number of ether oxygens (including phenoxy) is 2. The highest BCUT2D eigenvalue weighted by atomic mass is 16.5. The lowest BCUT2D eigenvalue weighted by Gasteiger charge is -2.40. The van der Waals surface area contributed by atoms with Crippen LogP contribution in [0.25, 0.3) is 10.9 Å². The SMILES string of the molecule is COc1ccc(OC)c2c1cc(C(=O)N1CCN(C3CCCCC3)C(=O)C1)n2C. The van der Waals surface area contributed by atoms with Crippen LogP contribution in [0.4, 0.5) is 0 Å². The fourth-order valence-corrected chi connectivity index (χ4v) is 4.76. The van der Waals surface area contributed by atoms with E-state index in [1.165, 1.54) is 19.3 Å². The van der Waals surface area contributed by atoms with Gasteiger partial charge in [-0.3, -0.25) is 9.59 Å². The predicted molar refractivity (Wildman–Crippen MR) is 111 cm³/mol. The number of aromatic nitrogens is 1. The zero-order chi connectivity index (χ0) is 20.5. The first-order chi connectivity index (χ1) is 14.0. The second-order valence-electron chi connectivity index (χ2n) is 7.93. The third-order valence-electron chi connectivity index (χ3n) is 6.34. The molecule has 0 bridgehead atoms. The molecule has 2 aromatic rings. The van der Waals surface area contributed by atoms with Gasteiger partial charge in [0.25, 0.3) is 5.91 Å². The Kier molecular flexibility index (Phi) is 5.39. The number of benzene rings is 1. The number of aryl methyl sites for hydroxylation is 1. The number of carbonyl (C=O) groups excluding carboxylic acids is 2. The predicted octanol–water partition coefficient (Wildman–Crippen LogP) is 2.81. The molecule has 2 fully saturated rings. The number of piperazine rings is 1. The van der Waals surface area contributed by atoms with Crippen molar-refractivity contribution in [1.82, 2.24) is 14.4 Å². The van der Waals surface area contributed by atoms with Gasteiger partial charge < -0.3 is 23.8 Å². The average molecular weight is 399 g/mol. The van der Waals surface area contributed by atoms with E-state index in [0.717, 1.165) is 23.7 Å². The molecule has 0 unspecified atom stereocenters. The van der Waals surface area contributed by atoms with Crippen molar-refractivity contribution >= 4 is 22.7 Å². The quantitative estimate of drug-likeness (QED) is 0.793. The lowest BCUT2D eigenvalue weighted by atomic mass is 9.93. The van der Waals surface area contributed by atoms with Gasteiger partial charge in [-0.15, -0.1) is 0 Å². The lowest BCUT2D eigenvalue weighted by molar-refractivity contribution is -0.138. The van der Waals surface area contributed by atoms with Crippen LogP contribution >= 0.6 is 0 Å². The maximum Gasteiger partial charge on any atom is 0.271 e. The summed E-state index contributed by atoms with van der Waals surface area (Å²) in [7, 11) is 5.06. The van der Waals surface area contributed by atoms with E-state index < -0.39 is 0 Å². The minimum Gasteiger partial charge on any atom is -0.496 e. The Hall–Kier alpha value is -2.70. The van der Waals surface area contributed by atoms with E-state index in [9.17, 15) is 9.59 Å². The summed E-state index contributed by atoms with van der Waals surface area (Å²) >= 11 is 0. The van der Waals surface area contributed by atoms with Crippen LogP contribution in [0.5, 0.6) is 11.5 Å². The van der Waals surface area contributed by atoms with Crippen LogP contribution < -0.4 is 9.47 Å². The molecule has 2 heterocycles. The van der Waals surface area contributed by atoms with Crippen molar-refractivity contribution in [3.8, 4) is 11.5 Å². The molecular weight excluding hydrogens is 370 g/mol. The van der Waals surface area contributed by atoms with Crippen LogP contribution in [-0.4, -0.2) is 66.1 Å². The number of methoxy groups -OCH3 is 2. The van der Waals surface area contributed by atoms with Crippen molar-refractivity contribution in [2.45, 2.75) is 38.1 Å². The van der Waals surface area contributed by atoms with Gasteiger partial charge in [0.05, 0.1) is 19.7 Å². The van der Waals surface area contributed by atoms with Crippen molar-refractivity contribution in [3.63, 3.8) is 0 Å². The smallest absolute Gasteiger partial charge is 0.271 e. The standard InChI is InChI=1S/C22H29N3O4/c1-23-17(13-16-18(28-2)9-10-19(29-3)21(16)23)22(27)24-11-12-25(20(26)14-24)15-7-5-4-6-8-15/h9-10,13,15H,4-8,11-12,14H2,1-3H3. The van der Waals surface area contributed by atoms with Crippen LogP contribution in [-0.2, 0) is 11.8 Å². The van der Waals surface area contributed by atoms with E-state index in [2.05, 4.69) is 0 Å². The summed E-state index contributed by atoms with van der Waals surface area (Å²) in [6.07, 6.45) is 5.81. The van der Waals surface area contributed by atoms with E-state index in [1.54, 1.807) is 19.1 Å². The third kappa shape index (κ3) is 3.43. The molecule has 1 aliphatic heterocycles. The van der Waals surface area contributed by atoms with Crippen molar-refractivity contribution in [3.05, 3.63) is 23.9 Å². The summed E-state index contributed by atoms with van der Waals surface area (Å²) in [5.74, 6) is 1.30. The molecule has 156 valence electrons. The number of carbonyl (C=O) groups is 2. The van der Waals surface area contributed by atoms with Gasteiger partial charge in [0.15, 0.2) is 0 Å². The largest absolute Gasteiger partial charge is 0.496 e. The van der Waals surface area contributed by atoms with Crippen LogP contribution in [0.3, 0.4) is 0 Å². The molecule has 1 saturated heterocycles. The molecule has 0 radical (unpaired) electrons. The number of amides is 2. The third-order valence-corrected chi connectivity index (χ3v) is 6.34. The van der Waals surface area contributed by atoms with E-state index in [1.807, 2.05) is 34.7 Å². The molecule has 1 aromatic heterocycles. The van der Waals surface area contributed by atoms with E-state index in [-0.39, 0.29) is 18.4 Å². The van der Waals surface area contributed by atoms with Crippen LogP contribution in [0, 0.1) is 0 Å². The van der Waals surface area contributed by atoms with Crippen LogP contribution in [0.1, 0.15) is 42.6 Å². The van der Waals surface area contributed by atoms with Crippen molar-refractivity contribution in [2.75, 3.05) is 33.9 Å². The molecule has 0 N–H and O–H groups in total. The Morgan fingerprint density at radius 1 is 1.03 bits per heavy atom. The zero-order valence-corrected chi connectivity index (χ0v) is 17.4. The van der Waals surface area contributed by atoms with Crippen LogP contribution in [0.2, 0.25) is 0 Å². The van der Waals surface area contributed by atoms with Gasteiger partial charge in [0.2, 0.25) is 5.91 Å². The van der Waals surface area contributed by atoms with E-state index >= 15 is 0 Å². The van der Waals surface area contributed by atoms with E-state index in [4.69, 9.17) is 9.47 Å². The molecule has 4 rings (SSSR count). The highest BCUT2D eigenvalue weighted by Crippen LogP contribution is 2.35. The Bertz CT molecular complexity index is 930. The molecule has 2 aliphatic rings. The van der Waals surface area contributed by atoms with Gasteiger partial charge in [-0.2, -0.15) is 0 Å². The first-order valence-electron chi connectivity index (χ1n) is 10.3. The van der Waals surface area contributed by atoms with E-state index in [0.29, 0.717) is 36.3 Å². The maximum absolute atomic E-state index is 13.3. The van der Waals surface area contributed by atoms with Gasteiger partial charge >= 0.3 is 0 Å². The van der Waals surface area contributed by atoms with Crippen molar-refractivity contribution in [2.24, 2.45) is 7.05 Å². The highest BCUT2D eigenvalue weighted by molar-refractivity contribution is 6.03. The minimum absolute atomic E-state index is 0.0606. The Balaban J connectivity index is 1.58. The van der Waals surface area contributed by atoms with Gasteiger partial charge in [-0.25, -0.2) is 0 Å². The van der Waals surface area contributed by atoms with Gasteiger partial charge in [-0.1, -0.05) is 19.3 Å². The van der Waals surface area contributed by atoms with Crippen molar-refractivity contribution < 1.29 is 19.1 Å². The number of hydrogen-bond donors (Lipinski definition) is 0. The summed E-state index contributed by atoms with van der Waals surface area (Å²) in [6, 6.07) is 5.85. The topological polar surface area (TPSA) is 64.0 Å². The minimum atomic E-state index is -0.135. The molecule has 1 saturated carbocycles. The average Bonchev–Trinajstić information content (AvgIpc) is 3.10. The zero-order valence-electron chi connectivity index (χ0n) is 17.4.